The lowest BCUT2D eigenvalue weighted by Crippen LogP contribution is -2.30. The third-order valence-electron chi connectivity index (χ3n) is 3.84. The monoisotopic (exact) mass is 389 g/mol. The first-order valence-corrected chi connectivity index (χ1v) is 8.72. The van der Waals surface area contributed by atoms with Gasteiger partial charge in [0.15, 0.2) is 0 Å². The molecule has 0 aliphatic carbocycles. The standard InChI is InChI=1S/C18H17Cl2N5O/c1-12(13-2-4-14(19)5-3-13)22-9-18(26)24-16-8-15(20)6-7-17(16)25-11-21-10-23-25/h2-8,10-12,22H,9H2,1H3,(H,24,26). The number of anilines is 1. The summed E-state index contributed by atoms with van der Waals surface area (Å²) in [6.45, 7) is 2.13. The van der Waals surface area contributed by atoms with Crippen molar-refractivity contribution in [3.8, 4) is 5.69 Å². The number of aromatic nitrogens is 3. The highest BCUT2D eigenvalue weighted by atomic mass is 35.5. The van der Waals surface area contributed by atoms with Crippen LogP contribution in [0.15, 0.2) is 55.1 Å². The largest absolute Gasteiger partial charge is 0.323 e. The topological polar surface area (TPSA) is 71.8 Å². The molecule has 8 heteroatoms. The maximum absolute atomic E-state index is 12.4. The first-order valence-electron chi connectivity index (χ1n) is 7.96. The number of halogens is 2. The van der Waals surface area contributed by atoms with E-state index in [1.807, 2.05) is 31.2 Å². The Morgan fingerprint density at radius 1 is 1.15 bits per heavy atom. The minimum Gasteiger partial charge on any atom is -0.323 e. The number of amides is 1. The normalized spacial score (nSPS) is 12.0. The molecular formula is C18H17Cl2N5O. The van der Waals surface area contributed by atoms with Crippen LogP contribution in [0.25, 0.3) is 5.69 Å². The SMILES string of the molecule is CC(NCC(=O)Nc1cc(Cl)ccc1-n1cncn1)c1ccc(Cl)cc1. The van der Waals surface area contributed by atoms with Crippen LogP contribution in [0, 0.1) is 0 Å². The molecule has 26 heavy (non-hydrogen) atoms. The number of benzene rings is 2. The van der Waals surface area contributed by atoms with Crippen molar-refractivity contribution < 1.29 is 4.79 Å². The fourth-order valence-corrected chi connectivity index (χ4v) is 2.75. The second kappa shape index (κ2) is 8.31. The minimum atomic E-state index is -0.186. The Morgan fingerprint density at radius 2 is 1.88 bits per heavy atom. The van der Waals surface area contributed by atoms with Crippen LogP contribution in [-0.4, -0.2) is 27.2 Å². The van der Waals surface area contributed by atoms with E-state index >= 15 is 0 Å². The summed E-state index contributed by atoms with van der Waals surface area (Å²) in [7, 11) is 0. The molecule has 1 heterocycles. The molecule has 1 unspecified atom stereocenters. The zero-order chi connectivity index (χ0) is 18.5. The van der Waals surface area contributed by atoms with E-state index < -0.39 is 0 Å². The Kier molecular flexibility index (Phi) is 5.88. The van der Waals surface area contributed by atoms with Gasteiger partial charge in [-0.05, 0) is 42.8 Å². The van der Waals surface area contributed by atoms with E-state index in [1.54, 1.807) is 29.2 Å². The lowest BCUT2D eigenvalue weighted by Gasteiger charge is -2.15. The van der Waals surface area contributed by atoms with Crippen molar-refractivity contribution in [1.29, 1.82) is 0 Å². The number of nitrogens with zero attached hydrogens (tertiary/aromatic N) is 3. The summed E-state index contributed by atoms with van der Waals surface area (Å²) in [4.78, 5) is 16.3. The van der Waals surface area contributed by atoms with Crippen molar-refractivity contribution >= 4 is 34.8 Å². The molecule has 0 aliphatic rings. The average Bonchev–Trinajstić information content (AvgIpc) is 3.15. The molecule has 0 fully saturated rings. The van der Waals surface area contributed by atoms with Gasteiger partial charge in [0.1, 0.15) is 12.7 Å². The van der Waals surface area contributed by atoms with Crippen LogP contribution in [0.4, 0.5) is 5.69 Å². The van der Waals surface area contributed by atoms with Gasteiger partial charge in [-0.2, -0.15) is 5.10 Å². The van der Waals surface area contributed by atoms with Gasteiger partial charge in [-0.1, -0.05) is 35.3 Å². The second-order valence-corrected chi connectivity index (χ2v) is 6.58. The number of hydrogen-bond acceptors (Lipinski definition) is 4. The van der Waals surface area contributed by atoms with E-state index in [-0.39, 0.29) is 18.5 Å². The van der Waals surface area contributed by atoms with Gasteiger partial charge >= 0.3 is 0 Å². The molecule has 2 N–H and O–H groups in total. The molecule has 134 valence electrons. The van der Waals surface area contributed by atoms with Crippen LogP contribution >= 0.6 is 23.2 Å². The van der Waals surface area contributed by atoms with Crippen LogP contribution in [-0.2, 0) is 4.79 Å². The Labute approximate surface area is 161 Å². The molecule has 1 atom stereocenters. The van der Waals surface area contributed by atoms with Crippen LogP contribution < -0.4 is 10.6 Å². The molecule has 2 aromatic carbocycles. The molecule has 0 spiro atoms. The maximum Gasteiger partial charge on any atom is 0.238 e. The lowest BCUT2D eigenvalue weighted by molar-refractivity contribution is -0.115. The van der Waals surface area contributed by atoms with Crippen molar-refractivity contribution in [3.05, 3.63) is 70.7 Å². The number of hydrogen-bond donors (Lipinski definition) is 2. The zero-order valence-corrected chi connectivity index (χ0v) is 15.5. The fourth-order valence-electron chi connectivity index (χ4n) is 2.45. The quantitative estimate of drug-likeness (QED) is 0.671. The summed E-state index contributed by atoms with van der Waals surface area (Å²) in [5.74, 6) is -0.186. The molecule has 0 radical (unpaired) electrons. The second-order valence-electron chi connectivity index (χ2n) is 5.70. The van der Waals surface area contributed by atoms with Crippen LogP contribution in [0.1, 0.15) is 18.5 Å². The summed E-state index contributed by atoms with van der Waals surface area (Å²) in [5.41, 5.74) is 2.30. The third-order valence-corrected chi connectivity index (χ3v) is 4.32. The highest BCUT2D eigenvalue weighted by Gasteiger charge is 2.12. The van der Waals surface area contributed by atoms with Gasteiger partial charge in [0.05, 0.1) is 17.9 Å². The molecule has 0 bridgehead atoms. The Balaban J connectivity index is 1.65. The zero-order valence-electron chi connectivity index (χ0n) is 14.0. The summed E-state index contributed by atoms with van der Waals surface area (Å²) < 4.78 is 1.57. The highest BCUT2D eigenvalue weighted by Crippen LogP contribution is 2.24. The summed E-state index contributed by atoms with van der Waals surface area (Å²) >= 11 is 12.0. The van der Waals surface area contributed by atoms with E-state index in [0.717, 1.165) is 5.56 Å². The maximum atomic E-state index is 12.4. The number of rotatable bonds is 6. The Hall–Kier alpha value is -2.41. The van der Waals surface area contributed by atoms with Crippen molar-refractivity contribution in [2.24, 2.45) is 0 Å². The van der Waals surface area contributed by atoms with Crippen molar-refractivity contribution in [2.75, 3.05) is 11.9 Å². The van der Waals surface area contributed by atoms with Crippen molar-refractivity contribution in [3.63, 3.8) is 0 Å². The van der Waals surface area contributed by atoms with Crippen LogP contribution in [0.2, 0.25) is 10.0 Å². The van der Waals surface area contributed by atoms with Gasteiger partial charge in [-0.3, -0.25) is 4.79 Å². The van der Waals surface area contributed by atoms with Crippen LogP contribution in [0.3, 0.4) is 0 Å². The van der Waals surface area contributed by atoms with Gasteiger partial charge < -0.3 is 10.6 Å². The van der Waals surface area contributed by atoms with E-state index in [9.17, 15) is 4.79 Å². The molecule has 0 saturated carbocycles. The van der Waals surface area contributed by atoms with Gasteiger partial charge in [-0.15, -0.1) is 0 Å². The molecule has 0 saturated heterocycles. The first-order chi connectivity index (χ1) is 12.5. The molecule has 3 aromatic rings. The lowest BCUT2D eigenvalue weighted by atomic mass is 10.1. The van der Waals surface area contributed by atoms with Gasteiger partial charge in [0.2, 0.25) is 5.91 Å². The van der Waals surface area contributed by atoms with Crippen molar-refractivity contribution in [1.82, 2.24) is 20.1 Å². The molecule has 3 rings (SSSR count). The number of carbonyl (C=O) groups is 1. The van der Waals surface area contributed by atoms with Gasteiger partial charge in [-0.25, -0.2) is 9.67 Å². The average molecular weight is 390 g/mol. The molecule has 1 aromatic heterocycles. The molecule has 0 aliphatic heterocycles. The first kappa shape index (κ1) is 18.4. The number of nitrogens with one attached hydrogen (secondary N) is 2. The Morgan fingerprint density at radius 3 is 2.58 bits per heavy atom. The summed E-state index contributed by atoms with van der Waals surface area (Å²) in [6.07, 6.45) is 2.98. The van der Waals surface area contributed by atoms with Gasteiger partial charge in [0, 0.05) is 16.1 Å². The molecule has 1 amide bonds. The molecule has 6 nitrogen and oxygen atoms in total. The van der Waals surface area contributed by atoms with E-state index in [1.165, 1.54) is 6.33 Å². The smallest absolute Gasteiger partial charge is 0.238 e. The highest BCUT2D eigenvalue weighted by molar-refractivity contribution is 6.31. The minimum absolute atomic E-state index is 0.00663. The third kappa shape index (κ3) is 4.60. The summed E-state index contributed by atoms with van der Waals surface area (Å²) in [5, 5.41) is 11.3. The van der Waals surface area contributed by atoms with Crippen molar-refractivity contribution in [2.45, 2.75) is 13.0 Å². The Bertz CT molecular complexity index is 881. The van der Waals surface area contributed by atoms with E-state index in [0.29, 0.717) is 21.4 Å². The fraction of sp³-hybridized carbons (Fsp3) is 0.167. The molecular weight excluding hydrogens is 373 g/mol. The predicted molar refractivity (Wildman–Crippen MR) is 103 cm³/mol. The van der Waals surface area contributed by atoms with E-state index in [4.69, 9.17) is 23.2 Å². The van der Waals surface area contributed by atoms with E-state index in [2.05, 4.69) is 20.7 Å². The summed E-state index contributed by atoms with van der Waals surface area (Å²) in [6, 6.07) is 12.7. The van der Waals surface area contributed by atoms with Crippen LogP contribution in [0.5, 0.6) is 0 Å². The number of carbonyl (C=O) groups excluding carboxylic acids is 1. The predicted octanol–water partition coefficient (Wildman–Crippen LogP) is 3.86. The van der Waals surface area contributed by atoms with Gasteiger partial charge in [0.25, 0.3) is 0 Å².